The molecule has 1 aliphatic rings. The van der Waals surface area contributed by atoms with Crippen LogP contribution in [0, 0.1) is 0 Å². The summed E-state index contributed by atoms with van der Waals surface area (Å²) in [5.41, 5.74) is 0. The number of sulfonamides is 1. The van der Waals surface area contributed by atoms with Crippen molar-refractivity contribution in [2.24, 2.45) is 0 Å². The Morgan fingerprint density at radius 2 is 1.72 bits per heavy atom. The van der Waals surface area contributed by atoms with Crippen LogP contribution in [0.1, 0.15) is 39.0 Å². The Morgan fingerprint density at radius 3 is 2.17 bits per heavy atom. The first-order valence-corrected chi connectivity index (χ1v) is 8.53. The van der Waals surface area contributed by atoms with E-state index in [1.54, 1.807) is 4.90 Å². The second-order valence-corrected chi connectivity index (χ2v) is 6.87. The maximum absolute atomic E-state index is 12.1. The molecule has 106 valence electrons. The lowest BCUT2D eigenvalue weighted by Crippen LogP contribution is -2.43. The van der Waals surface area contributed by atoms with E-state index in [1.165, 1.54) is 10.6 Å². The van der Waals surface area contributed by atoms with Gasteiger partial charge in [-0.25, -0.2) is 8.42 Å². The van der Waals surface area contributed by atoms with Gasteiger partial charge in [-0.3, -0.25) is 4.79 Å². The zero-order chi connectivity index (χ0) is 13.6. The third kappa shape index (κ3) is 4.94. The maximum atomic E-state index is 12.1. The molecule has 0 aromatic heterocycles. The molecule has 1 heterocycles. The summed E-state index contributed by atoms with van der Waals surface area (Å²) in [4.78, 5) is 13.9. The summed E-state index contributed by atoms with van der Waals surface area (Å²) in [6.07, 6.45) is 6.26. The van der Waals surface area contributed by atoms with Crippen molar-refractivity contribution >= 4 is 15.9 Å². The normalized spacial score (nSPS) is 17.8. The van der Waals surface area contributed by atoms with Gasteiger partial charge in [-0.2, -0.15) is 4.31 Å². The summed E-state index contributed by atoms with van der Waals surface area (Å²) in [6.45, 7) is 3.85. The van der Waals surface area contributed by atoms with Crippen LogP contribution in [0.15, 0.2) is 0 Å². The fraction of sp³-hybridized carbons (Fsp3) is 0.917. The maximum Gasteiger partial charge on any atom is 0.237 e. The Hall–Kier alpha value is -0.620. The zero-order valence-corrected chi connectivity index (χ0v) is 12.2. The fourth-order valence-corrected chi connectivity index (χ4v) is 3.04. The molecule has 1 saturated heterocycles. The first-order valence-electron chi connectivity index (χ1n) is 6.68. The van der Waals surface area contributed by atoms with Crippen LogP contribution in [0.3, 0.4) is 0 Å². The van der Waals surface area contributed by atoms with E-state index in [1.807, 2.05) is 6.92 Å². The largest absolute Gasteiger partial charge is 0.342 e. The molecule has 0 aromatic rings. The van der Waals surface area contributed by atoms with Gasteiger partial charge < -0.3 is 4.90 Å². The van der Waals surface area contributed by atoms with Crippen molar-refractivity contribution in [1.82, 2.24) is 9.21 Å². The average molecular weight is 276 g/mol. The molecule has 1 aliphatic heterocycles. The second-order valence-electron chi connectivity index (χ2n) is 4.89. The van der Waals surface area contributed by atoms with Crippen molar-refractivity contribution in [2.75, 3.05) is 32.4 Å². The minimum atomic E-state index is -3.28. The molecular formula is C12H24N2O3S. The first-order chi connectivity index (χ1) is 8.45. The van der Waals surface area contributed by atoms with Crippen LogP contribution in [0.5, 0.6) is 0 Å². The minimum Gasteiger partial charge on any atom is -0.342 e. The second kappa shape index (κ2) is 7.09. The molecule has 18 heavy (non-hydrogen) atoms. The van der Waals surface area contributed by atoms with Gasteiger partial charge in [0.1, 0.15) is 0 Å². The van der Waals surface area contributed by atoms with E-state index in [0.29, 0.717) is 6.54 Å². The van der Waals surface area contributed by atoms with Gasteiger partial charge in [-0.1, -0.05) is 19.8 Å². The van der Waals surface area contributed by atoms with Crippen LogP contribution in [-0.2, 0) is 14.8 Å². The quantitative estimate of drug-likeness (QED) is 0.754. The van der Waals surface area contributed by atoms with Crippen LogP contribution in [0.4, 0.5) is 0 Å². The Bertz CT molecular complexity index is 360. The average Bonchev–Trinajstić information content (AvgIpc) is 2.55. The molecule has 0 spiro atoms. The molecule has 0 atom stereocenters. The van der Waals surface area contributed by atoms with Gasteiger partial charge in [-0.15, -0.1) is 0 Å². The molecular weight excluding hydrogens is 252 g/mol. The van der Waals surface area contributed by atoms with Gasteiger partial charge in [0.2, 0.25) is 15.9 Å². The van der Waals surface area contributed by atoms with Gasteiger partial charge in [0.25, 0.3) is 0 Å². The lowest BCUT2D eigenvalue weighted by molar-refractivity contribution is -0.131. The molecule has 0 unspecified atom stereocenters. The van der Waals surface area contributed by atoms with Crippen molar-refractivity contribution in [3.63, 3.8) is 0 Å². The zero-order valence-electron chi connectivity index (χ0n) is 11.4. The van der Waals surface area contributed by atoms with Crippen molar-refractivity contribution in [1.29, 1.82) is 0 Å². The third-order valence-corrected chi connectivity index (χ3v) is 4.46. The van der Waals surface area contributed by atoms with Gasteiger partial charge in [0.05, 0.1) is 12.8 Å². The number of carbonyl (C=O) groups excluding carboxylic acids is 1. The number of carbonyl (C=O) groups is 1. The molecule has 0 aliphatic carbocycles. The summed E-state index contributed by atoms with van der Waals surface area (Å²) in [7, 11) is -3.28. The number of rotatable bonds is 5. The number of likely N-dealkylation sites (tertiary alicyclic amines) is 1. The van der Waals surface area contributed by atoms with E-state index in [-0.39, 0.29) is 12.5 Å². The number of amides is 1. The molecule has 1 fully saturated rings. The SMILES string of the molecule is CCCN(CC(=O)N1CCCCCC1)S(C)(=O)=O. The topological polar surface area (TPSA) is 57.7 Å². The highest BCUT2D eigenvalue weighted by molar-refractivity contribution is 7.88. The van der Waals surface area contributed by atoms with Crippen LogP contribution in [-0.4, -0.2) is 56.0 Å². The van der Waals surface area contributed by atoms with Gasteiger partial charge in [0, 0.05) is 19.6 Å². The molecule has 0 saturated carbocycles. The summed E-state index contributed by atoms with van der Waals surface area (Å²) in [5.74, 6) is -0.0595. The lowest BCUT2D eigenvalue weighted by atomic mass is 10.2. The van der Waals surface area contributed by atoms with Gasteiger partial charge >= 0.3 is 0 Å². The van der Waals surface area contributed by atoms with Crippen molar-refractivity contribution in [3.8, 4) is 0 Å². The third-order valence-electron chi connectivity index (χ3n) is 3.21. The summed E-state index contributed by atoms with van der Waals surface area (Å²) in [6, 6.07) is 0. The molecule has 0 N–H and O–H groups in total. The van der Waals surface area contributed by atoms with Crippen molar-refractivity contribution in [3.05, 3.63) is 0 Å². The molecule has 0 aromatic carbocycles. The number of hydrogen-bond acceptors (Lipinski definition) is 3. The molecule has 5 nitrogen and oxygen atoms in total. The summed E-state index contributed by atoms with van der Waals surface area (Å²) >= 11 is 0. The summed E-state index contributed by atoms with van der Waals surface area (Å²) < 4.78 is 24.4. The first kappa shape index (κ1) is 15.4. The highest BCUT2D eigenvalue weighted by Gasteiger charge is 2.23. The highest BCUT2D eigenvalue weighted by Crippen LogP contribution is 2.11. The molecule has 6 heteroatoms. The monoisotopic (exact) mass is 276 g/mol. The number of nitrogens with zero attached hydrogens (tertiary/aromatic N) is 2. The standard InChI is InChI=1S/C12H24N2O3S/c1-3-8-14(18(2,16)17)11-12(15)13-9-6-4-5-7-10-13/h3-11H2,1-2H3. The van der Waals surface area contributed by atoms with Crippen LogP contribution in [0.2, 0.25) is 0 Å². The van der Waals surface area contributed by atoms with Crippen molar-refractivity contribution in [2.45, 2.75) is 39.0 Å². The Kier molecular flexibility index (Phi) is 6.08. The van der Waals surface area contributed by atoms with E-state index in [4.69, 9.17) is 0 Å². The molecule has 0 bridgehead atoms. The fourth-order valence-electron chi connectivity index (χ4n) is 2.18. The van der Waals surface area contributed by atoms with Crippen LogP contribution in [0.25, 0.3) is 0 Å². The van der Waals surface area contributed by atoms with E-state index >= 15 is 0 Å². The number of hydrogen-bond donors (Lipinski definition) is 0. The van der Waals surface area contributed by atoms with Gasteiger partial charge in [-0.05, 0) is 19.3 Å². The van der Waals surface area contributed by atoms with E-state index < -0.39 is 10.0 Å². The lowest BCUT2D eigenvalue weighted by Gasteiger charge is -2.25. The van der Waals surface area contributed by atoms with Gasteiger partial charge in [0.15, 0.2) is 0 Å². The van der Waals surface area contributed by atoms with Crippen LogP contribution < -0.4 is 0 Å². The Balaban J connectivity index is 2.59. The molecule has 1 rings (SSSR count). The molecule has 1 amide bonds. The smallest absolute Gasteiger partial charge is 0.237 e. The summed E-state index contributed by atoms with van der Waals surface area (Å²) in [5, 5.41) is 0. The Labute approximate surface area is 110 Å². The Morgan fingerprint density at radius 1 is 1.17 bits per heavy atom. The molecule has 0 radical (unpaired) electrons. The predicted molar refractivity (Wildman–Crippen MR) is 71.8 cm³/mol. The van der Waals surface area contributed by atoms with Crippen molar-refractivity contribution < 1.29 is 13.2 Å². The van der Waals surface area contributed by atoms with E-state index in [0.717, 1.165) is 45.2 Å². The van der Waals surface area contributed by atoms with Crippen LogP contribution >= 0.6 is 0 Å². The minimum absolute atomic E-state index is 0.00727. The highest BCUT2D eigenvalue weighted by atomic mass is 32.2. The van der Waals surface area contributed by atoms with E-state index in [9.17, 15) is 13.2 Å². The van der Waals surface area contributed by atoms with E-state index in [2.05, 4.69) is 0 Å². The predicted octanol–water partition coefficient (Wildman–Crippen LogP) is 1.06.